The van der Waals surface area contributed by atoms with Crippen LogP contribution in [0.3, 0.4) is 0 Å². The Bertz CT molecular complexity index is 690. The molecule has 6 nitrogen and oxygen atoms in total. The number of aromatic nitrogens is 2. The third-order valence-corrected chi connectivity index (χ3v) is 4.64. The largest absolute Gasteiger partial charge is 0.379 e. The average molecular weight is 308 g/mol. The first kappa shape index (κ1) is 15.5. The van der Waals surface area contributed by atoms with Crippen molar-refractivity contribution >= 4 is 15.7 Å². The maximum absolute atomic E-state index is 11.6. The fourth-order valence-corrected chi connectivity index (χ4v) is 2.73. The van der Waals surface area contributed by atoms with Gasteiger partial charge in [-0.25, -0.2) is 18.1 Å². The van der Waals surface area contributed by atoms with E-state index < -0.39 is 10.0 Å². The molecule has 0 bridgehead atoms. The minimum Gasteiger partial charge on any atom is -0.379 e. The highest BCUT2D eigenvalue weighted by molar-refractivity contribution is 7.89. The van der Waals surface area contributed by atoms with Crippen molar-refractivity contribution in [2.45, 2.75) is 31.3 Å². The zero-order chi connectivity index (χ0) is 15.5. The molecule has 0 fully saturated rings. The lowest BCUT2D eigenvalue weighted by Gasteiger charge is -2.13. The molecule has 21 heavy (non-hydrogen) atoms. The highest BCUT2D eigenvalue weighted by atomic mass is 32.2. The number of rotatable bonds is 6. The third-order valence-electron chi connectivity index (χ3n) is 3.21. The molecule has 0 saturated heterocycles. The topological polar surface area (TPSA) is 76.0 Å². The van der Waals surface area contributed by atoms with Crippen LogP contribution in [-0.2, 0) is 16.6 Å². The van der Waals surface area contributed by atoms with Gasteiger partial charge in [0.1, 0.15) is 0 Å². The van der Waals surface area contributed by atoms with E-state index in [1.165, 1.54) is 7.05 Å². The summed E-state index contributed by atoms with van der Waals surface area (Å²) in [6.07, 6.45) is 3.64. The summed E-state index contributed by atoms with van der Waals surface area (Å²) in [6, 6.07) is 7.01. The van der Waals surface area contributed by atoms with Crippen molar-refractivity contribution in [1.82, 2.24) is 14.3 Å². The maximum Gasteiger partial charge on any atom is 0.240 e. The van der Waals surface area contributed by atoms with E-state index in [1.54, 1.807) is 24.3 Å². The second kappa shape index (κ2) is 6.28. The third kappa shape index (κ3) is 3.62. The lowest BCUT2D eigenvalue weighted by atomic mass is 10.3. The van der Waals surface area contributed by atoms with Gasteiger partial charge in [-0.2, -0.15) is 0 Å². The van der Waals surface area contributed by atoms with E-state index >= 15 is 0 Å². The molecule has 2 aromatic rings. The number of hydrogen-bond acceptors (Lipinski definition) is 4. The molecular formula is C14H20N4O2S. The van der Waals surface area contributed by atoms with Gasteiger partial charge in [-0.05, 0) is 45.2 Å². The van der Waals surface area contributed by atoms with Gasteiger partial charge in [-0.3, -0.25) is 0 Å². The molecule has 2 N–H and O–H groups in total. The summed E-state index contributed by atoms with van der Waals surface area (Å²) in [5, 5.41) is 3.26. The molecule has 1 aromatic carbocycles. The van der Waals surface area contributed by atoms with Gasteiger partial charge in [-0.1, -0.05) is 0 Å². The number of sulfonamides is 1. The number of benzene rings is 1. The molecule has 0 unspecified atom stereocenters. The Labute approximate surface area is 125 Å². The normalized spacial score (nSPS) is 11.8. The Morgan fingerprint density at radius 1 is 1.24 bits per heavy atom. The Morgan fingerprint density at radius 2 is 1.90 bits per heavy atom. The van der Waals surface area contributed by atoms with Crippen LogP contribution in [0, 0.1) is 0 Å². The summed E-state index contributed by atoms with van der Waals surface area (Å²) in [5.74, 6) is 0. The van der Waals surface area contributed by atoms with Gasteiger partial charge in [0.15, 0.2) is 0 Å². The van der Waals surface area contributed by atoms with E-state index in [0.29, 0.717) is 12.6 Å². The van der Waals surface area contributed by atoms with Crippen LogP contribution in [-0.4, -0.2) is 25.0 Å². The molecule has 0 radical (unpaired) electrons. The van der Waals surface area contributed by atoms with Crippen LogP contribution in [0.4, 0.5) is 5.69 Å². The Hall–Kier alpha value is -1.86. The fourth-order valence-electron chi connectivity index (χ4n) is 2.00. The van der Waals surface area contributed by atoms with Gasteiger partial charge in [0.25, 0.3) is 0 Å². The van der Waals surface area contributed by atoms with Crippen molar-refractivity contribution in [2.75, 3.05) is 12.4 Å². The van der Waals surface area contributed by atoms with Gasteiger partial charge in [0.2, 0.25) is 10.0 Å². The van der Waals surface area contributed by atoms with Crippen molar-refractivity contribution in [1.29, 1.82) is 0 Å². The minimum absolute atomic E-state index is 0.253. The van der Waals surface area contributed by atoms with E-state index in [1.807, 2.05) is 12.5 Å². The fraction of sp³-hybridized carbons (Fsp3) is 0.357. The molecule has 0 aliphatic carbocycles. The second-order valence-corrected chi connectivity index (χ2v) is 6.86. The van der Waals surface area contributed by atoms with E-state index in [0.717, 1.165) is 11.4 Å². The van der Waals surface area contributed by atoms with Crippen molar-refractivity contribution < 1.29 is 8.42 Å². The zero-order valence-electron chi connectivity index (χ0n) is 12.4. The molecule has 114 valence electrons. The number of anilines is 1. The van der Waals surface area contributed by atoms with Crippen molar-refractivity contribution in [2.24, 2.45) is 0 Å². The molecule has 0 aliphatic rings. The van der Waals surface area contributed by atoms with Gasteiger partial charge >= 0.3 is 0 Å². The van der Waals surface area contributed by atoms with Crippen LogP contribution in [0.15, 0.2) is 41.7 Å². The van der Waals surface area contributed by atoms with Gasteiger partial charge in [0, 0.05) is 17.9 Å². The zero-order valence-corrected chi connectivity index (χ0v) is 13.2. The van der Waals surface area contributed by atoms with Crippen molar-refractivity contribution in [3.05, 3.63) is 42.5 Å². The lowest BCUT2D eigenvalue weighted by molar-refractivity contribution is 0.577. The standard InChI is InChI=1S/C14H20N4O2S/c1-11(2)18-10-16-8-13(18)9-17-12-4-6-14(7-5-12)21(19,20)15-3/h4-8,10-11,15,17H,9H2,1-3H3. The first-order valence-corrected chi connectivity index (χ1v) is 8.20. The molecule has 1 heterocycles. The van der Waals surface area contributed by atoms with Crippen LogP contribution in [0.1, 0.15) is 25.6 Å². The molecule has 0 aliphatic heterocycles. The smallest absolute Gasteiger partial charge is 0.240 e. The first-order chi connectivity index (χ1) is 9.94. The quantitative estimate of drug-likeness (QED) is 0.855. The number of hydrogen-bond donors (Lipinski definition) is 2. The Balaban J connectivity index is 2.06. The van der Waals surface area contributed by atoms with Crippen LogP contribution in [0.5, 0.6) is 0 Å². The summed E-state index contributed by atoms with van der Waals surface area (Å²) >= 11 is 0. The molecule has 7 heteroatoms. The molecule has 0 spiro atoms. The van der Waals surface area contributed by atoms with Gasteiger partial charge in [-0.15, -0.1) is 0 Å². The highest BCUT2D eigenvalue weighted by Crippen LogP contribution is 2.15. The van der Waals surface area contributed by atoms with Crippen LogP contribution in [0.25, 0.3) is 0 Å². The maximum atomic E-state index is 11.6. The predicted octanol–water partition coefficient (Wildman–Crippen LogP) is 1.98. The molecule has 0 amide bonds. The number of nitrogens with one attached hydrogen (secondary N) is 2. The lowest BCUT2D eigenvalue weighted by Crippen LogP contribution is -2.18. The van der Waals surface area contributed by atoms with Crippen LogP contribution in [0.2, 0.25) is 0 Å². The SMILES string of the molecule is CNS(=O)(=O)c1ccc(NCc2cncn2C(C)C)cc1. The summed E-state index contributed by atoms with van der Waals surface area (Å²) in [6.45, 7) is 4.83. The van der Waals surface area contributed by atoms with Crippen molar-refractivity contribution in [3.63, 3.8) is 0 Å². The van der Waals surface area contributed by atoms with E-state index in [2.05, 4.69) is 33.4 Å². The van der Waals surface area contributed by atoms with Crippen molar-refractivity contribution in [3.8, 4) is 0 Å². The molecule has 2 rings (SSSR count). The van der Waals surface area contributed by atoms with Gasteiger partial charge in [0.05, 0.1) is 23.5 Å². The first-order valence-electron chi connectivity index (χ1n) is 6.72. The molecule has 0 saturated carbocycles. The average Bonchev–Trinajstić information content (AvgIpc) is 2.94. The number of nitrogens with zero attached hydrogens (tertiary/aromatic N) is 2. The van der Waals surface area contributed by atoms with Crippen LogP contribution < -0.4 is 10.0 Å². The predicted molar refractivity (Wildman–Crippen MR) is 82.6 cm³/mol. The number of imidazole rings is 1. The summed E-state index contributed by atoms with van der Waals surface area (Å²) in [5.41, 5.74) is 1.94. The highest BCUT2D eigenvalue weighted by Gasteiger charge is 2.10. The van der Waals surface area contributed by atoms with Gasteiger partial charge < -0.3 is 9.88 Å². The summed E-state index contributed by atoms with van der Waals surface area (Å²) < 4.78 is 27.6. The minimum atomic E-state index is -3.38. The van der Waals surface area contributed by atoms with Crippen LogP contribution >= 0.6 is 0 Å². The van der Waals surface area contributed by atoms with E-state index in [-0.39, 0.29) is 4.90 Å². The summed E-state index contributed by atoms with van der Waals surface area (Å²) in [4.78, 5) is 4.40. The second-order valence-electron chi connectivity index (χ2n) is 4.97. The molecule has 0 atom stereocenters. The molecular weight excluding hydrogens is 288 g/mol. The van der Waals surface area contributed by atoms with E-state index in [4.69, 9.17) is 0 Å². The molecule has 1 aromatic heterocycles. The Kier molecular flexibility index (Phi) is 4.64. The van der Waals surface area contributed by atoms with E-state index in [9.17, 15) is 8.42 Å². The summed E-state index contributed by atoms with van der Waals surface area (Å²) in [7, 11) is -1.99. The monoisotopic (exact) mass is 308 g/mol. The Morgan fingerprint density at radius 3 is 2.48 bits per heavy atom.